The Hall–Kier alpha value is -2.77. The second-order valence-corrected chi connectivity index (χ2v) is 5.44. The average Bonchev–Trinajstić information content (AvgIpc) is 2.51. The van der Waals surface area contributed by atoms with E-state index in [2.05, 4.69) is 23.8 Å². The van der Waals surface area contributed by atoms with Gasteiger partial charge in [0.05, 0.1) is 0 Å². The van der Waals surface area contributed by atoms with Gasteiger partial charge in [-0.15, -0.1) is 6.42 Å². The molecular formula is C21H18O. The summed E-state index contributed by atoms with van der Waals surface area (Å²) in [6.07, 6.45) is 5.32. The Balaban J connectivity index is 2.39. The normalized spacial score (nSPS) is 9.59. The lowest BCUT2D eigenvalue weighted by Gasteiger charge is -2.11. The average molecular weight is 286 g/mol. The zero-order chi connectivity index (χ0) is 16.3. The molecule has 22 heavy (non-hydrogen) atoms. The first-order valence-electron chi connectivity index (χ1n) is 7.14. The molecule has 1 heteroatoms. The van der Waals surface area contributed by atoms with Crippen LogP contribution in [0.15, 0.2) is 30.3 Å². The van der Waals surface area contributed by atoms with Crippen LogP contribution in [0.1, 0.15) is 43.7 Å². The van der Waals surface area contributed by atoms with Crippen molar-refractivity contribution < 1.29 is 4.79 Å². The molecule has 1 nitrogen and oxygen atoms in total. The fourth-order valence-corrected chi connectivity index (χ4v) is 2.40. The van der Waals surface area contributed by atoms with Gasteiger partial charge in [-0.2, -0.15) is 0 Å². The van der Waals surface area contributed by atoms with Crippen molar-refractivity contribution in [2.45, 2.75) is 27.7 Å². The van der Waals surface area contributed by atoms with Crippen molar-refractivity contribution in [3.8, 4) is 24.2 Å². The van der Waals surface area contributed by atoms with Crippen molar-refractivity contribution in [3.05, 3.63) is 69.3 Å². The number of carbonyl (C=O) groups excluding carboxylic acids is 1. The molecule has 0 aliphatic heterocycles. The molecular weight excluding hydrogens is 268 g/mol. The highest BCUT2D eigenvalue weighted by molar-refractivity contribution is 6.11. The van der Waals surface area contributed by atoms with E-state index in [9.17, 15) is 4.79 Å². The molecule has 0 saturated carbocycles. The highest BCUT2D eigenvalue weighted by Gasteiger charge is 2.13. The summed E-state index contributed by atoms with van der Waals surface area (Å²) < 4.78 is 0. The number of rotatable bonds is 1. The molecule has 0 heterocycles. The molecule has 0 amide bonds. The minimum Gasteiger partial charge on any atom is -0.279 e. The Morgan fingerprint density at radius 2 is 1.41 bits per heavy atom. The standard InChI is InChI=1S/C21H18O/c1-6-18-7-9-19(10-8-18)11-12-20(22)21-16(4)14(2)13-15(3)17(21)5/h1,7-10,13H,2-5H3. The van der Waals surface area contributed by atoms with Gasteiger partial charge in [0.25, 0.3) is 0 Å². The highest BCUT2D eigenvalue weighted by atomic mass is 16.1. The van der Waals surface area contributed by atoms with Crippen molar-refractivity contribution >= 4 is 5.78 Å². The Labute approximate surface area is 132 Å². The molecule has 0 bridgehead atoms. The third-order valence-electron chi connectivity index (χ3n) is 3.97. The maximum atomic E-state index is 12.5. The summed E-state index contributed by atoms with van der Waals surface area (Å²) in [7, 11) is 0. The number of aryl methyl sites for hydroxylation is 2. The molecule has 0 unspecified atom stereocenters. The summed E-state index contributed by atoms with van der Waals surface area (Å²) in [5.41, 5.74) is 6.56. The maximum Gasteiger partial charge on any atom is 0.236 e. The molecule has 0 aliphatic rings. The molecule has 0 atom stereocenters. The van der Waals surface area contributed by atoms with Crippen LogP contribution in [0.2, 0.25) is 0 Å². The van der Waals surface area contributed by atoms with E-state index in [4.69, 9.17) is 6.42 Å². The van der Waals surface area contributed by atoms with Crippen LogP contribution in [0.5, 0.6) is 0 Å². The number of ketones is 1. The zero-order valence-electron chi connectivity index (χ0n) is 13.4. The van der Waals surface area contributed by atoms with Crippen LogP contribution in [0.25, 0.3) is 0 Å². The van der Waals surface area contributed by atoms with Gasteiger partial charge < -0.3 is 0 Å². The highest BCUT2D eigenvalue weighted by Crippen LogP contribution is 2.21. The number of hydrogen-bond acceptors (Lipinski definition) is 1. The fraction of sp³-hybridized carbons (Fsp3) is 0.190. The van der Waals surface area contributed by atoms with Crippen molar-refractivity contribution in [2.24, 2.45) is 0 Å². The molecule has 0 spiro atoms. The van der Waals surface area contributed by atoms with Gasteiger partial charge in [0.1, 0.15) is 0 Å². The van der Waals surface area contributed by atoms with Gasteiger partial charge in [-0.05, 0) is 80.1 Å². The van der Waals surface area contributed by atoms with Crippen LogP contribution < -0.4 is 0 Å². The molecule has 2 rings (SSSR count). The summed E-state index contributed by atoms with van der Waals surface area (Å²) in [4.78, 5) is 12.5. The van der Waals surface area contributed by atoms with Gasteiger partial charge in [-0.25, -0.2) is 0 Å². The predicted octanol–water partition coefficient (Wildman–Crippen LogP) is 4.14. The SMILES string of the molecule is C#Cc1ccc(C#CC(=O)c2c(C)c(C)cc(C)c2C)cc1. The van der Waals surface area contributed by atoms with E-state index in [0.717, 1.165) is 38.9 Å². The van der Waals surface area contributed by atoms with Crippen molar-refractivity contribution in [1.82, 2.24) is 0 Å². The Kier molecular flexibility index (Phi) is 4.50. The monoisotopic (exact) mass is 286 g/mol. The lowest BCUT2D eigenvalue weighted by Crippen LogP contribution is -2.05. The van der Waals surface area contributed by atoms with Crippen LogP contribution in [-0.4, -0.2) is 5.78 Å². The first kappa shape index (κ1) is 15.6. The quantitative estimate of drug-likeness (QED) is 0.569. The van der Waals surface area contributed by atoms with Crippen LogP contribution in [0, 0.1) is 51.9 Å². The van der Waals surface area contributed by atoms with Gasteiger partial charge in [-0.1, -0.05) is 17.9 Å². The van der Waals surface area contributed by atoms with E-state index in [1.54, 1.807) is 0 Å². The second-order valence-electron chi connectivity index (χ2n) is 5.44. The molecule has 0 radical (unpaired) electrons. The van der Waals surface area contributed by atoms with E-state index >= 15 is 0 Å². The van der Waals surface area contributed by atoms with Gasteiger partial charge in [0, 0.05) is 16.7 Å². The predicted molar refractivity (Wildman–Crippen MR) is 91.0 cm³/mol. The molecule has 0 fully saturated rings. The fourth-order valence-electron chi connectivity index (χ4n) is 2.40. The van der Waals surface area contributed by atoms with E-state index in [-0.39, 0.29) is 5.78 Å². The number of carbonyl (C=O) groups is 1. The number of Topliss-reactive ketones (excluding diaryl/α,β-unsaturated/α-hetero) is 1. The number of hydrogen-bond donors (Lipinski definition) is 0. The Morgan fingerprint density at radius 1 is 0.909 bits per heavy atom. The molecule has 2 aromatic rings. The Morgan fingerprint density at radius 3 is 1.91 bits per heavy atom. The summed E-state index contributed by atoms with van der Waals surface area (Å²) in [6.45, 7) is 7.98. The third kappa shape index (κ3) is 3.11. The largest absolute Gasteiger partial charge is 0.279 e. The lowest BCUT2D eigenvalue weighted by molar-refractivity contribution is 0.105. The van der Waals surface area contributed by atoms with E-state index in [1.807, 2.05) is 52.0 Å². The molecule has 0 aromatic heterocycles. The van der Waals surface area contributed by atoms with Gasteiger partial charge in [-0.3, -0.25) is 4.79 Å². The van der Waals surface area contributed by atoms with Crippen LogP contribution in [0.3, 0.4) is 0 Å². The van der Waals surface area contributed by atoms with Crippen molar-refractivity contribution in [1.29, 1.82) is 0 Å². The van der Waals surface area contributed by atoms with E-state index in [1.165, 1.54) is 0 Å². The first-order valence-corrected chi connectivity index (χ1v) is 7.14. The van der Waals surface area contributed by atoms with Gasteiger partial charge >= 0.3 is 0 Å². The van der Waals surface area contributed by atoms with Crippen LogP contribution >= 0.6 is 0 Å². The van der Waals surface area contributed by atoms with Crippen molar-refractivity contribution in [2.75, 3.05) is 0 Å². The second kappa shape index (κ2) is 6.33. The number of benzene rings is 2. The van der Waals surface area contributed by atoms with Gasteiger partial charge in [0.2, 0.25) is 5.78 Å². The summed E-state index contributed by atoms with van der Waals surface area (Å²) in [6, 6.07) is 9.41. The lowest BCUT2D eigenvalue weighted by atomic mass is 9.92. The number of terminal acetylenes is 1. The van der Waals surface area contributed by atoms with E-state index in [0.29, 0.717) is 0 Å². The molecule has 0 N–H and O–H groups in total. The maximum absolute atomic E-state index is 12.5. The smallest absolute Gasteiger partial charge is 0.236 e. The molecule has 0 saturated heterocycles. The summed E-state index contributed by atoms with van der Waals surface area (Å²) in [5.74, 6) is 8.09. The topological polar surface area (TPSA) is 17.1 Å². The molecule has 108 valence electrons. The van der Waals surface area contributed by atoms with Crippen LogP contribution in [-0.2, 0) is 0 Å². The molecule has 0 aliphatic carbocycles. The summed E-state index contributed by atoms with van der Waals surface area (Å²) >= 11 is 0. The minimum absolute atomic E-state index is 0.136. The Bertz CT molecular complexity index is 808. The summed E-state index contributed by atoms with van der Waals surface area (Å²) in [5, 5.41) is 0. The van der Waals surface area contributed by atoms with E-state index < -0.39 is 0 Å². The minimum atomic E-state index is -0.136. The zero-order valence-corrected chi connectivity index (χ0v) is 13.4. The third-order valence-corrected chi connectivity index (χ3v) is 3.97. The van der Waals surface area contributed by atoms with Gasteiger partial charge in [0.15, 0.2) is 0 Å². The molecule has 2 aromatic carbocycles. The van der Waals surface area contributed by atoms with Crippen LogP contribution in [0.4, 0.5) is 0 Å². The van der Waals surface area contributed by atoms with Crippen molar-refractivity contribution in [3.63, 3.8) is 0 Å². The first-order chi connectivity index (χ1) is 10.4.